The fourth-order valence-electron chi connectivity index (χ4n) is 1.59. The molecule has 0 aliphatic heterocycles. The number of rotatable bonds is 4. The van der Waals surface area contributed by atoms with Crippen molar-refractivity contribution in [1.82, 2.24) is 0 Å². The lowest BCUT2D eigenvalue weighted by Gasteiger charge is -2.09. The highest BCUT2D eigenvalue weighted by Gasteiger charge is 2.16. The Kier molecular flexibility index (Phi) is 5.19. The monoisotopic (exact) mass is 394 g/mol. The molecule has 2 nitrogen and oxygen atoms in total. The van der Waals surface area contributed by atoms with E-state index in [0.717, 1.165) is 6.07 Å². The number of carbonyl (C=O) groups excluding carboxylic acids is 1. The Morgan fingerprint density at radius 3 is 2.57 bits per heavy atom. The van der Waals surface area contributed by atoms with Crippen molar-refractivity contribution in [3.8, 4) is 5.75 Å². The minimum Gasteiger partial charge on any atom is -0.481 e. The fourth-order valence-corrected chi connectivity index (χ4v) is 2.51. The van der Waals surface area contributed by atoms with E-state index < -0.39 is 24.0 Å². The summed E-state index contributed by atoms with van der Waals surface area (Å²) < 4.78 is 31.7. The second kappa shape index (κ2) is 6.73. The lowest BCUT2D eigenvalue weighted by molar-refractivity contribution is 0.0918. The molecule has 2 aromatic rings. The molecule has 2 rings (SSSR count). The minimum absolute atomic E-state index is 0.0741. The van der Waals surface area contributed by atoms with Crippen LogP contribution in [0.1, 0.15) is 10.4 Å². The molecule has 0 spiro atoms. The van der Waals surface area contributed by atoms with E-state index in [-0.39, 0.29) is 20.8 Å². The van der Waals surface area contributed by atoms with Gasteiger partial charge in [0.15, 0.2) is 18.2 Å². The number of benzene rings is 2. The van der Waals surface area contributed by atoms with Gasteiger partial charge in [-0.3, -0.25) is 4.79 Å². The van der Waals surface area contributed by atoms with Gasteiger partial charge in [0.05, 0.1) is 9.50 Å². The Morgan fingerprint density at radius 1 is 1.19 bits per heavy atom. The van der Waals surface area contributed by atoms with Crippen molar-refractivity contribution in [2.24, 2.45) is 0 Å². The first kappa shape index (κ1) is 16.2. The zero-order valence-corrected chi connectivity index (χ0v) is 13.4. The fraction of sp³-hybridized carbons (Fsp3) is 0.0714. The van der Waals surface area contributed by atoms with Gasteiger partial charge in [-0.1, -0.05) is 23.2 Å². The second-order valence-electron chi connectivity index (χ2n) is 4.03. The molecule has 2 aromatic carbocycles. The van der Waals surface area contributed by atoms with Gasteiger partial charge in [0, 0.05) is 16.7 Å². The number of hydrogen-bond acceptors (Lipinski definition) is 2. The molecule has 21 heavy (non-hydrogen) atoms. The summed E-state index contributed by atoms with van der Waals surface area (Å²) in [4.78, 5) is 12.0. The Labute approximate surface area is 137 Å². The van der Waals surface area contributed by atoms with Gasteiger partial charge in [-0.2, -0.15) is 0 Å². The van der Waals surface area contributed by atoms with Crippen molar-refractivity contribution in [3.63, 3.8) is 0 Å². The number of halogens is 5. The summed E-state index contributed by atoms with van der Waals surface area (Å²) in [5.74, 6) is -2.39. The van der Waals surface area contributed by atoms with Gasteiger partial charge in [-0.05, 0) is 40.2 Å². The van der Waals surface area contributed by atoms with Crippen LogP contribution in [0.3, 0.4) is 0 Å². The molecule has 0 aliphatic carbocycles. The lowest BCUT2D eigenvalue weighted by Crippen LogP contribution is -2.13. The first-order chi connectivity index (χ1) is 9.88. The number of ketones is 1. The van der Waals surface area contributed by atoms with Crippen LogP contribution in [-0.2, 0) is 0 Å². The third-order valence-electron chi connectivity index (χ3n) is 2.54. The first-order valence-electron chi connectivity index (χ1n) is 5.64. The molecule has 0 bridgehead atoms. The first-order valence-corrected chi connectivity index (χ1v) is 7.19. The zero-order chi connectivity index (χ0) is 15.6. The molecule has 0 N–H and O–H groups in total. The van der Waals surface area contributed by atoms with E-state index in [1.54, 1.807) is 0 Å². The predicted molar refractivity (Wildman–Crippen MR) is 80.3 cm³/mol. The SMILES string of the molecule is O=C(COc1c(F)cc(F)cc1Br)c1cc(Cl)ccc1Cl. The Morgan fingerprint density at radius 2 is 1.90 bits per heavy atom. The van der Waals surface area contributed by atoms with Crippen molar-refractivity contribution in [3.05, 3.63) is 62.0 Å². The summed E-state index contributed by atoms with van der Waals surface area (Å²) in [5.41, 5.74) is 0.169. The highest BCUT2D eigenvalue weighted by atomic mass is 79.9. The highest BCUT2D eigenvalue weighted by molar-refractivity contribution is 9.10. The molecule has 0 heterocycles. The average Bonchev–Trinajstić information content (AvgIpc) is 2.40. The van der Waals surface area contributed by atoms with Crippen LogP contribution in [0.5, 0.6) is 5.75 Å². The number of ether oxygens (including phenoxy) is 1. The summed E-state index contributed by atoms with van der Waals surface area (Å²) in [6, 6.07) is 6.11. The van der Waals surface area contributed by atoms with E-state index in [4.69, 9.17) is 27.9 Å². The van der Waals surface area contributed by atoms with Crippen molar-refractivity contribution in [2.75, 3.05) is 6.61 Å². The van der Waals surface area contributed by atoms with Gasteiger partial charge < -0.3 is 4.74 Å². The van der Waals surface area contributed by atoms with E-state index in [1.165, 1.54) is 18.2 Å². The van der Waals surface area contributed by atoms with E-state index in [0.29, 0.717) is 11.1 Å². The van der Waals surface area contributed by atoms with Gasteiger partial charge >= 0.3 is 0 Å². The topological polar surface area (TPSA) is 26.3 Å². The normalized spacial score (nSPS) is 10.5. The maximum Gasteiger partial charge on any atom is 0.201 e. The summed E-state index contributed by atoms with van der Waals surface area (Å²) in [7, 11) is 0. The molecule has 0 aliphatic rings. The van der Waals surface area contributed by atoms with Gasteiger partial charge in [0.25, 0.3) is 0 Å². The van der Waals surface area contributed by atoms with Crippen LogP contribution in [0.25, 0.3) is 0 Å². The third-order valence-corrected chi connectivity index (χ3v) is 3.69. The molecular weight excluding hydrogens is 389 g/mol. The van der Waals surface area contributed by atoms with E-state index in [9.17, 15) is 13.6 Å². The molecule has 0 aromatic heterocycles. The molecule has 0 amide bonds. The van der Waals surface area contributed by atoms with Crippen molar-refractivity contribution >= 4 is 44.9 Å². The Hall–Kier alpha value is -1.17. The number of Topliss-reactive ketones (excluding diaryl/α,β-unsaturated/α-hetero) is 1. The van der Waals surface area contributed by atoms with Gasteiger partial charge in [-0.25, -0.2) is 8.78 Å². The smallest absolute Gasteiger partial charge is 0.201 e. The molecular formula is C14H7BrCl2F2O2. The van der Waals surface area contributed by atoms with Crippen LogP contribution in [-0.4, -0.2) is 12.4 Å². The van der Waals surface area contributed by atoms with E-state index in [2.05, 4.69) is 15.9 Å². The average molecular weight is 396 g/mol. The standard InChI is InChI=1S/C14H7BrCl2F2O2/c15-10-4-8(18)5-12(19)14(10)21-6-13(20)9-3-7(16)1-2-11(9)17/h1-5H,6H2. The van der Waals surface area contributed by atoms with Gasteiger partial charge in [0.2, 0.25) is 5.78 Å². The highest BCUT2D eigenvalue weighted by Crippen LogP contribution is 2.29. The van der Waals surface area contributed by atoms with E-state index >= 15 is 0 Å². The van der Waals surface area contributed by atoms with E-state index in [1.807, 2.05) is 0 Å². The largest absolute Gasteiger partial charge is 0.481 e. The Balaban J connectivity index is 2.17. The van der Waals surface area contributed by atoms with Crippen LogP contribution >= 0.6 is 39.1 Å². The van der Waals surface area contributed by atoms with Crippen LogP contribution < -0.4 is 4.74 Å². The molecule has 0 saturated carbocycles. The summed E-state index contributed by atoms with van der Waals surface area (Å²) >= 11 is 14.6. The van der Waals surface area contributed by atoms with Crippen LogP contribution in [0.2, 0.25) is 10.0 Å². The number of carbonyl (C=O) groups is 1. The second-order valence-corrected chi connectivity index (χ2v) is 5.73. The molecule has 0 saturated heterocycles. The van der Waals surface area contributed by atoms with Crippen molar-refractivity contribution < 1.29 is 18.3 Å². The van der Waals surface area contributed by atoms with Crippen LogP contribution in [0.15, 0.2) is 34.8 Å². The zero-order valence-electron chi connectivity index (χ0n) is 10.3. The summed E-state index contributed by atoms with van der Waals surface area (Å²) in [6.07, 6.45) is 0. The molecule has 0 unspecified atom stereocenters. The summed E-state index contributed by atoms with van der Waals surface area (Å²) in [5, 5.41) is 0.559. The van der Waals surface area contributed by atoms with Crippen LogP contribution in [0.4, 0.5) is 8.78 Å². The maximum absolute atomic E-state index is 13.6. The third kappa shape index (κ3) is 3.93. The molecule has 0 radical (unpaired) electrons. The molecule has 7 heteroatoms. The molecule has 0 fully saturated rings. The van der Waals surface area contributed by atoms with Crippen molar-refractivity contribution in [1.29, 1.82) is 0 Å². The lowest BCUT2D eigenvalue weighted by atomic mass is 10.1. The van der Waals surface area contributed by atoms with Gasteiger partial charge in [-0.15, -0.1) is 0 Å². The number of hydrogen-bond donors (Lipinski definition) is 0. The summed E-state index contributed by atoms with van der Waals surface area (Å²) in [6.45, 7) is -0.457. The Bertz CT molecular complexity index is 684. The quantitative estimate of drug-likeness (QED) is 0.657. The van der Waals surface area contributed by atoms with Crippen molar-refractivity contribution in [2.45, 2.75) is 0 Å². The maximum atomic E-state index is 13.6. The minimum atomic E-state index is -0.910. The van der Waals surface area contributed by atoms with Gasteiger partial charge in [0.1, 0.15) is 5.82 Å². The predicted octanol–water partition coefficient (Wildman–Crippen LogP) is 5.30. The molecule has 110 valence electrons. The molecule has 0 atom stereocenters. The van der Waals surface area contributed by atoms with Crippen LogP contribution in [0, 0.1) is 11.6 Å².